The first-order chi connectivity index (χ1) is 11.7. The third-order valence-electron chi connectivity index (χ3n) is 4.47. The highest BCUT2D eigenvalue weighted by Crippen LogP contribution is 2.26. The van der Waals surface area contributed by atoms with E-state index in [1.54, 1.807) is 12.1 Å². The molecule has 1 aromatic carbocycles. The smallest absolute Gasteiger partial charge is 0.191 e. The van der Waals surface area contributed by atoms with Gasteiger partial charge >= 0.3 is 0 Å². The number of benzene rings is 1. The highest BCUT2D eigenvalue weighted by Gasteiger charge is 2.21. The van der Waals surface area contributed by atoms with Crippen LogP contribution in [0.15, 0.2) is 29.3 Å². The van der Waals surface area contributed by atoms with E-state index in [1.807, 2.05) is 23.9 Å². The number of aromatic hydroxyl groups is 1. The molecule has 0 saturated heterocycles. The van der Waals surface area contributed by atoms with Crippen LogP contribution in [-0.4, -0.2) is 41.7 Å². The van der Waals surface area contributed by atoms with E-state index in [4.69, 9.17) is 4.99 Å². The zero-order valence-corrected chi connectivity index (χ0v) is 18.5. The van der Waals surface area contributed by atoms with Crippen LogP contribution in [0, 0.1) is 0 Å². The molecule has 2 atom stereocenters. The second-order valence-electron chi connectivity index (χ2n) is 6.40. The SMILES string of the molecule is CCNC(=NCCCc1ccc(O)cc1)NC1CCCC(SC)C1.I. The average Bonchev–Trinajstić information content (AvgIpc) is 2.60. The van der Waals surface area contributed by atoms with Crippen molar-refractivity contribution in [3.8, 4) is 5.75 Å². The molecule has 3 N–H and O–H groups in total. The fraction of sp³-hybridized carbons (Fsp3) is 0.632. The Hall–Kier alpha value is -0.630. The van der Waals surface area contributed by atoms with Gasteiger partial charge < -0.3 is 15.7 Å². The number of nitrogens with zero attached hydrogens (tertiary/aromatic N) is 1. The number of hydrogen-bond acceptors (Lipinski definition) is 3. The highest BCUT2D eigenvalue weighted by molar-refractivity contribution is 14.0. The molecule has 4 nitrogen and oxygen atoms in total. The predicted octanol–water partition coefficient (Wildman–Crippen LogP) is 4.17. The zero-order valence-electron chi connectivity index (χ0n) is 15.3. The lowest BCUT2D eigenvalue weighted by Gasteiger charge is -2.29. The molecular formula is C19H32IN3OS. The summed E-state index contributed by atoms with van der Waals surface area (Å²) in [6.45, 7) is 3.82. The number of guanidine groups is 1. The molecule has 1 saturated carbocycles. The molecule has 1 aromatic rings. The lowest BCUT2D eigenvalue weighted by atomic mass is 9.95. The number of aryl methyl sites for hydroxylation is 1. The van der Waals surface area contributed by atoms with Gasteiger partial charge in [0.15, 0.2) is 5.96 Å². The van der Waals surface area contributed by atoms with Gasteiger partial charge in [-0.15, -0.1) is 24.0 Å². The highest BCUT2D eigenvalue weighted by atomic mass is 127. The van der Waals surface area contributed by atoms with Gasteiger partial charge in [0.25, 0.3) is 0 Å². The molecule has 0 bridgehead atoms. The van der Waals surface area contributed by atoms with Crippen molar-refractivity contribution in [2.75, 3.05) is 19.3 Å². The first-order valence-electron chi connectivity index (χ1n) is 9.06. The van der Waals surface area contributed by atoms with E-state index in [1.165, 1.54) is 31.2 Å². The quantitative estimate of drug-likeness (QED) is 0.239. The summed E-state index contributed by atoms with van der Waals surface area (Å²) in [4.78, 5) is 4.73. The summed E-state index contributed by atoms with van der Waals surface area (Å²) in [5, 5.41) is 17.1. The van der Waals surface area contributed by atoms with E-state index in [0.29, 0.717) is 11.8 Å². The van der Waals surface area contributed by atoms with Crippen LogP contribution in [0.4, 0.5) is 0 Å². The predicted molar refractivity (Wildman–Crippen MR) is 121 cm³/mol. The van der Waals surface area contributed by atoms with Crippen LogP contribution in [0.2, 0.25) is 0 Å². The van der Waals surface area contributed by atoms with Crippen molar-refractivity contribution >= 4 is 41.7 Å². The maximum absolute atomic E-state index is 9.31. The van der Waals surface area contributed by atoms with Crippen LogP contribution in [-0.2, 0) is 6.42 Å². The minimum atomic E-state index is 0. The van der Waals surface area contributed by atoms with Crippen molar-refractivity contribution < 1.29 is 5.11 Å². The third-order valence-corrected chi connectivity index (χ3v) is 5.57. The Balaban J connectivity index is 0.00000312. The minimum absolute atomic E-state index is 0. The second-order valence-corrected chi connectivity index (χ2v) is 7.53. The third kappa shape index (κ3) is 8.53. The van der Waals surface area contributed by atoms with Gasteiger partial charge in [-0.05, 0) is 63.0 Å². The topological polar surface area (TPSA) is 56.7 Å². The van der Waals surface area contributed by atoms with Crippen LogP contribution >= 0.6 is 35.7 Å². The van der Waals surface area contributed by atoms with Crippen molar-refractivity contribution in [3.63, 3.8) is 0 Å². The van der Waals surface area contributed by atoms with Gasteiger partial charge in [0.1, 0.15) is 5.75 Å². The molecule has 2 unspecified atom stereocenters. The summed E-state index contributed by atoms with van der Waals surface area (Å²) in [6, 6.07) is 8.00. The van der Waals surface area contributed by atoms with Crippen molar-refractivity contribution in [2.24, 2.45) is 4.99 Å². The fourth-order valence-electron chi connectivity index (χ4n) is 3.14. The van der Waals surface area contributed by atoms with Crippen LogP contribution in [0.1, 0.15) is 44.6 Å². The Bertz CT molecular complexity index is 510. The molecule has 0 amide bonds. The lowest BCUT2D eigenvalue weighted by molar-refractivity contribution is 0.419. The van der Waals surface area contributed by atoms with E-state index in [2.05, 4.69) is 23.8 Å². The van der Waals surface area contributed by atoms with E-state index in [9.17, 15) is 5.11 Å². The Morgan fingerprint density at radius 3 is 2.72 bits per heavy atom. The number of thioether (sulfide) groups is 1. The standard InChI is InChI=1S/C19H31N3OS.HI/c1-3-20-19(22-16-7-4-8-18(14-16)24-2)21-13-5-6-15-9-11-17(23)12-10-15;/h9-12,16,18,23H,3-8,13-14H2,1-2H3,(H2,20,21,22);1H. The van der Waals surface area contributed by atoms with Crippen molar-refractivity contribution in [2.45, 2.75) is 56.7 Å². The van der Waals surface area contributed by atoms with Gasteiger partial charge in [0, 0.05) is 24.4 Å². The molecule has 1 aliphatic rings. The molecule has 0 radical (unpaired) electrons. The zero-order chi connectivity index (χ0) is 17.2. The number of phenols is 1. The van der Waals surface area contributed by atoms with E-state index in [-0.39, 0.29) is 24.0 Å². The molecular weight excluding hydrogens is 445 g/mol. The van der Waals surface area contributed by atoms with Gasteiger partial charge in [0.2, 0.25) is 0 Å². The molecule has 2 rings (SSSR count). The van der Waals surface area contributed by atoms with Crippen molar-refractivity contribution in [1.82, 2.24) is 10.6 Å². The number of hydrogen-bond donors (Lipinski definition) is 3. The Kier molecular flexibility index (Phi) is 11.4. The maximum atomic E-state index is 9.31. The lowest BCUT2D eigenvalue weighted by Crippen LogP contribution is -2.45. The average molecular weight is 477 g/mol. The van der Waals surface area contributed by atoms with Gasteiger partial charge in [-0.25, -0.2) is 0 Å². The van der Waals surface area contributed by atoms with Crippen LogP contribution in [0.5, 0.6) is 5.75 Å². The molecule has 0 spiro atoms. The number of rotatable bonds is 7. The Labute approximate surface area is 173 Å². The number of phenolic OH excluding ortho intramolecular Hbond substituents is 1. The number of halogens is 1. The fourth-order valence-corrected chi connectivity index (χ4v) is 3.97. The van der Waals surface area contributed by atoms with E-state index < -0.39 is 0 Å². The van der Waals surface area contributed by atoms with Crippen LogP contribution in [0.25, 0.3) is 0 Å². The summed E-state index contributed by atoms with van der Waals surface area (Å²) in [5.74, 6) is 1.28. The molecule has 25 heavy (non-hydrogen) atoms. The molecule has 6 heteroatoms. The summed E-state index contributed by atoms with van der Waals surface area (Å²) in [6.07, 6.45) is 9.35. The minimum Gasteiger partial charge on any atom is -0.508 e. The molecule has 0 aliphatic heterocycles. The van der Waals surface area contributed by atoms with E-state index >= 15 is 0 Å². The summed E-state index contributed by atoms with van der Waals surface area (Å²) >= 11 is 1.99. The largest absolute Gasteiger partial charge is 0.508 e. The number of nitrogens with one attached hydrogen (secondary N) is 2. The molecule has 142 valence electrons. The van der Waals surface area contributed by atoms with Gasteiger partial charge in [-0.1, -0.05) is 18.6 Å². The molecule has 1 aliphatic carbocycles. The Morgan fingerprint density at radius 1 is 1.28 bits per heavy atom. The monoisotopic (exact) mass is 477 g/mol. The maximum Gasteiger partial charge on any atom is 0.191 e. The summed E-state index contributed by atoms with van der Waals surface area (Å²) in [7, 11) is 0. The molecule has 0 aromatic heterocycles. The van der Waals surface area contributed by atoms with Crippen molar-refractivity contribution in [3.05, 3.63) is 29.8 Å². The Morgan fingerprint density at radius 2 is 2.04 bits per heavy atom. The van der Waals surface area contributed by atoms with Crippen LogP contribution < -0.4 is 10.6 Å². The molecule has 1 fully saturated rings. The molecule has 0 heterocycles. The van der Waals surface area contributed by atoms with Crippen molar-refractivity contribution in [1.29, 1.82) is 0 Å². The summed E-state index contributed by atoms with van der Waals surface area (Å²) in [5.41, 5.74) is 1.25. The first-order valence-corrected chi connectivity index (χ1v) is 10.4. The second kappa shape index (κ2) is 12.7. The van der Waals surface area contributed by atoms with E-state index in [0.717, 1.165) is 37.1 Å². The van der Waals surface area contributed by atoms with Crippen LogP contribution in [0.3, 0.4) is 0 Å². The first kappa shape index (κ1) is 22.4. The van der Waals surface area contributed by atoms with Gasteiger partial charge in [-0.3, -0.25) is 4.99 Å². The van der Waals surface area contributed by atoms with Gasteiger partial charge in [-0.2, -0.15) is 11.8 Å². The van der Waals surface area contributed by atoms with Gasteiger partial charge in [0.05, 0.1) is 0 Å². The number of aliphatic imine (C=N–C) groups is 1. The summed E-state index contributed by atoms with van der Waals surface area (Å²) < 4.78 is 0. The normalized spacial score (nSPS) is 20.6.